The van der Waals surface area contributed by atoms with Gasteiger partial charge in [0.25, 0.3) is 3.79 Å². The SMILES string of the molecule is O=C(I)c1ccc(Cl)o1. The molecule has 0 aromatic carbocycles. The molecule has 2 nitrogen and oxygen atoms in total. The minimum absolute atomic E-state index is 0.139. The van der Waals surface area contributed by atoms with Gasteiger partial charge in [-0.25, -0.2) is 0 Å². The van der Waals surface area contributed by atoms with Gasteiger partial charge in [0.2, 0.25) is 0 Å². The van der Waals surface area contributed by atoms with Crippen molar-refractivity contribution in [3.63, 3.8) is 0 Å². The van der Waals surface area contributed by atoms with Gasteiger partial charge in [0, 0.05) is 22.6 Å². The molecular formula is C5H2ClIO2. The van der Waals surface area contributed by atoms with Gasteiger partial charge in [-0.1, -0.05) is 0 Å². The second kappa shape index (κ2) is 2.70. The Morgan fingerprint density at radius 2 is 2.33 bits per heavy atom. The third-order valence-electron chi connectivity index (χ3n) is 0.767. The van der Waals surface area contributed by atoms with E-state index in [1.165, 1.54) is 12.1 Å². The molecule has 1 aromatic heterocycles. The van der Waals surface area contributed by atoms with Crippen molar-refractivity contribution in [3.8, 4) is 0 Å². The van der Waals surface area contributed by atoms with Crippen molar-refractivity contribution in [1.29, 1.82) is 0 Å². The number of carbonyl (C=O) groups is 1. The van der Waals surface area contributed by atoms with Crippen LogP contribution in [0.1, 0.15) is 10.6 Å². The predicted octanol–water partition coefficient (Wildman–Crippen LogP) is 2.51. The van der Waals surface area contributed by atoms with Gasteiger partial charge in [0.1, 0.15) is 0 Å². The van der Waals surface area contributed by atoms with Gasteiger partial charge in [-0.3, -0.25) is 4.79 Å². The third kappa shape index (κ3) is 1.69. The number of hydrogen-bond acceptors (Lipinski definition) is 2. The van der Waals surface area contributed by atoms with Gasteiger partial charge >= 0.3 is 0 Å². The molecule has 0 aliphatic carbocycles. The van der Waals surface area contributed by atoms with Crippen LogP contribution < -0.4 is 0 Å². The van der Waals surface area contributed by atoms with Crippen molar-refractivity contribution < 1.29 is 9.21 Å². The van der Waals surface area contributed by atoms with Crippen molar-refractivity contribution in [2.45, 2.75) is 0 Å². The molecule has 0 spiro atoms. The molecule has 0 atom stereocenters. The summed E-state index contributed by atoms with van der Waals surface area (Å²) >= 11 is 7.01. The van der Waals surface area contributed by atoms with Crippen LogP contribution in [0.25, 0.3) is 0 Å². The minimum atomic E-state index is -0.139. The molecule has 1 heterocycles. The highest BCUT2D eigenvalue weighted by Crippen LogP contribution is 2.15. The lowest BCUT2D eigenvalue weighted by Crippen LogP contribution is -1.79. The Balaban J connectivity index is 2.98. The van der Waals surface area contributed by atoms with Gasteiger partial charge in [-0.05, 0) is 23.7 Å². The van der Waals surface area contributed by atoms with E-state index in [2.05, 4.69) is 0 Å². The Bertz CT molecular complexity index is 231. The van der Waals surface area contributed by atoms with Crippen LogP contribution in [0.3, 0.4) is 0 Å². The second-order valence-corrected chi connectivity index (χ2v) is 2.73. The fourth-order valence-corrected chi connectivity index (χ4v) is 0.856. The van der Waals surface area contributed by atoms with Gasteiger partial charge in [0.05, 0.1) is 0 Å². The predicted molar refractivity (Wildman–Crippen MR) is 42.1 cm³/mol. The average molecular weight is 256 g/mol. The van der Waals surface area contributed by atoms with E-state index in [1.54, 1.807) is 22.6 Å². The monoisotopic (exact) mass is 256 g/mol. The van der Waals surface area contributed by atoms with Gasteiger partial charge < -0.3 is 4.42 Å². The Hall–Kier alpha value is -0.0300. The molecule has 9 heavy (non-hydrogen) atoms. The summed E-state index contributed by atoms with van der Waals surface area (Å²) in [7, 11) is 0. The lowest BCUT2D eigenvalue weighted by molar-refractivity contribution is 0.108. The number of hydrogen-bond donors (Lipinski definition) is 0. The van der Waals surface area contributed by atoms with Gasteiger partial charge in [0.15, 0.2) is 11.0 Å². The molecule has 0 saturated heterocycles. The van der Waals surface area contributed by atoms with E-state index in [4.69, 9.17) is 16.0 Å². The molecular weight excluding hydrogens is 254 g/mol. The van der Waals surface area contributed by atoms with Gasteiger partial charge in [-0.2, -0.15) is 0 Å². The molecule has 0 unspecified atom stereocenters. The van der Waals surface area contributed by atoms with Crippen molar-refractivity contribution in [2.24, 2.45) is 0 Å². The Morgan fingerprint density at radius 1 is 1.67 bits per heavy atom. The minimum Gasteiger partial charge on any atom is -0.441 e. The third-order valence-corrected chi connectivity index (χ3v) is 1.50. The first-order valence-corrected chi connectivity index (χ1v) is 3.61. The van der Waals surface area contributed by atoms with E-state index in [0.29, 0.717) is 5.76 Å². The standard InChI is InChI=1S/C5H2ClIO2/c6-4-2-1-3(9-4)5(7)8/h1-2H. The summed E-state index contributed by atoms with van der Waals surface area (Å²) in [4.78, 5) is 10.5. The van der Waals surface area contributed by atoms with Crippen LogP contribution in [0.4, 0.5) is 0 Å². The van der Waals surface area contributed by atoms with Gasteiger partial charge in [-0.15, -0.1) is 0 Å². The number of rotatable bonds is 1. The summed E-state index contributed by atoms with van der Waals surface area (Å²) in [5.74, 6) is 0.292. The van der Waals surface area contributed by atoms with Crippen molar-refractivity contribution in [3.05, 3.63) is 23.1 Å². The largest absolute Gasteiger partial charge is 0.441 e. The average Bonchev–Trinajstić information content (AvgIpc) is 2.14. The number of halogens is 2. The molecule has 0 N–H and O–H groups in total. The first-order chi connectivity index (χ1) is 4.20. The quantitative estimate of drug-likeness (QED) is 0.571. The summed E-state index contributed by atoms with van der Waals surface area (Å²) in [6.45, 7) is 0. The molecule has 0 radical (unpaired) electrons. The summed E-state index contributed by atoms with van der Waals surface area (Å²) in [5, 5.41) is 0.245. The van der Waals surface area contributed by atoms with Crippen LogP contribution in [0, 0.1) is 0 Å². The molecule has 0 aliphatic rings. The van der Waals surface area contributed by atoms with Crippen LogP contribution in [0.5, 0.6) is 0 Å². The van der Waals surface area contributed by atoms with E-state index >= 15 is 0 Å². The molecule has 4 heteroatoms. The normalized spacial score (nSPS) is 9.56. The van der Waals surface area contributed by atoms with E-state index in [1.807, 2.05) is 0 Å². The highest BCUT2D eigenvalue weighted by atomic mass is 127. The Kier molecular flexibility index (Phi) is 2.13. The molecule has 1 rings (SSSR count). The zero-order valence-electron chi connectivity index (χ0n) is 4.23. The molecule has 48 valence electrons. The van der Waals surface area contributed by atoms with Crippen LogP contribution in [-0.4, -0.2) is 3.79 Å². The molecule has 0 aliphatic heterocycles. The van der Waals surface area contributed by atoms with Crippen molar-refractivity contribution >= 4 is 38.0 Å². The van der Waals surface area contributed by atoms with Crippen molar-refractivity contribution in [2.75, 3.05) is 0 Å². The topological polar surface area (TPSA) is 30.2 Å². The smallest absolute Gasteiger partial charge is 0.257 e. The molecule has 0 amide bonds. The summed E-state index contributed by atoms with van der Waals surface area (Å²) in [6.07, 6.45) is 0. The highest BCUT2D eigenvalue weighted by Gasteiger charge is 2.04. The Morgan fingerprint density at radius 3 is 2.56 bits per heavy atom. The van der Waals surface area contributed by atoms with Crippen LogP contribution in [0.15, 0.2) is 16.5 Å². The van der Waals surface area contributed by atoms with Crippen LogP contribution in [0.2, 0.25) is 5.22 Å². The lowest BCUT2D eigenvalue weighted by Gasteiger charge is -1.80. The van der Waals surface area contributed by atoms with E-state index < -0.39 is 0 Å². The molecule has 0 bridgehead atoms. The maximum Gasteiger partial charge on any atom is 0.257 e. The maximum atomic E-state index is 10.5. The zero-order chi connectivity index (χ0) is 6.85. The number of carbonyl (C=O) groups excluding carboxylic acids is 1. The van der Waals surface area contributed by atoms with Crippen LogP contribution >= 0.6 is 34.2 Å². The van der Waals surface area contributed by atoms with E-state index in [9.17, 15) is 4.79 Å². The summed E-state index contributed by atoms with van der Waals surface area (Å²) in [6, 6.07) is 3.07. The first kappa shape index (κ1) is 7.08. The number of furan rings is 1. The second-order valence-electron chi connectivity index (χ2n) is 1.38. The maximum absolute atomic E-state index is 10.5. The zero-order valence-corrected chi connectivity index (χ0v) is 7.14. The van der Waals surface area contributed by atoms with E-state index in [0.717, 1.165) is 0 Å². The lowest BCUT2D eigenvalue weighted by atomic mass is 10.5. The summed E-state index contributed by atoms with van der Waals surface area (Å²) < 4.78 is 4.61. The van der Waals surface area contributed by atoms with Crippen molar-refractivity contribution in [1.82, 2.24) is 0 Å². The fraction of sp³-hybridized carbons (Fsp3) is 0. The fourth-order valence-electron chi connectivity index (χ4n) is 0.420. The first-order valence-electron chi connectivity index (χ1n) is 2.15. The molecule has 0 saturated carbocycles. The highest BCUT2D eigenvalue weighted by molar-refractivity contribution is 14.1. The summed E-state index contributed by atoms with van der Waals surface area (Å²) in [5.41, 5.74) is 0. The van der Waals surface area contributed by atoms with Crippen LogP contribution in [-0.2, 0) is 0 Å². The molecule has 1 aromatic rings. The molecule has 0 fully saturated rings. The Labute approximate surface area is 70.3 Å². The van der Waals surface area contributed by atoms with E-state index in [-0.39, 0.29) is 9.01 Å².